The minimum Gasteiger partial charge on any atom is -0.481 e. The molecular weight excluding hydrogens is 272 g/mol. The average molecular weight is 290 g/mol. The van der Waals surface area contributed by atoms with Gasteiger partial charge in [0.05, 0.1) is 19.0 Å². The van der Waals surface area contributed by atoms with Gasteiger partial charge in [-0.2, -0.15) is 0 Å². The van der Waals surface area contributed by atoms with Gasteiger partial charge in [-0.3, -0.25) is 4.79 Å². The minimum atomic E-state index is -0.391. The smallest absolute Gasteiger partial charge is 0.248 e. The topological polar surface area (TPSA) is 89.3 Å². The molecule has 7 nitrogen and oxygen atoms in total. The Bertz CT molecular complexity index is 595. The molecule has 2 N–H and O–H groups in total. The van der Waals surface area contributed by atoms with Crippen molar-refractivity contribution in [3.63, 3.8) is 0 Å². The number of nitrogens with zero attached hydrogens (tertiary/aromatic N) is 2. The van der Waals surface area contributed by atoms with Crippen LogP contribution in [0.5, 0.6) is 5.88 Å². The molecule has 0 aromatic carbocycles. The highest BCUT2D eigenvalue weighted by Crippen LogP contribution is 2.14. The Hall–Kier alpha value is -2.57. The highest BCUT2D eigenvalue weighted by molar-refractivity contribution is 5.95. The molecule has 7 heteroatoms. The Morgan fingerprint density at radius 3 is 2.81 bits per heavy atom. The van der Waals surface area contributed by atoms with E-state index in [4.69, 9.17) is 9.26 Å². The van der Waals surface area contributed by atoms with Crippen molar-refractivity contribution >= 4 is 17.4 Å². The van der Waals surface area contributed by atoms with Gasteiger partial charge < -0.3 is 19.9 Å². The lowest BCUT2D eigenvalue weighted by molar-refractivity contribution is -0.117. The van der Waals surface area contributed by atoms with Crippen LogP contribution in [0.1, 0.15) is 19.1 Å². The van der Waals surface area contributed by atoms with Crippen molar-refractivity contribution in [2.24, 2.45) is 0 Å². The van der Waals surface area contributed by atoms with Gasteiger partial charge in [0.25, 0.3) is 0 Å². The fourth-order valence-electron chi connectivity index (χ4n) is 1.78. The first-order valence-corrected chi connectivity index (χ1v) is 6.63. The molecule has 2 heterocycles. The molecule has 0 saturated heterocycles. The molecule has 0 aliphatic carbocycles. The minimum absolute atomic E-state index is 0.179. The standard InChI is InChI=1S/C14H18N4O3/c1-4-11(14(19)17-12-7-9(2)21-18-12)16-10-5-6-13(20-3)15-8-10/h5-8,11,16H,4H2,1-3H3,(H,17,18,19). The van der Waals surface area contributed by atoms with Crippen molar-refractivity contribution in [2.45, 2.75) is 26.3 Å². The molecule has 0 spiro atoms. The molecule has 1 amide bonds. The van der Waals surface area contributed by atoms with Crippen LogP contribution in [0.2, 0.25) is 0 Å². The maximum Gasteiger partial charge on any atom is 0.248 e. The van der Waals surface area contributed by atoms with Crippen molar-refractivity contribution in [3.8, 4) is 5.88 Å². The van der Waals surface area contributed by atoms with E-state index in [1.54, 1.807) is 32.4 Å². The number of carbonyl (C=O) groups is 1. The van der Waals surface area contributed by atoms with E-state index in [0.29, 0.717) is 23.9 Å². The van der Waals surface area contributed by atoms with Crippen molar-refractivity contribution in [1.82, 2.24) is 10.1 Å². The number of pyridine rings is 1. The van der Waals surface area contributed by atoms with Gasteiger partial charge in [-0.25, -0.2) is 4.98 Å². The number of hydrogen-bond donors (Lipinski definition) is 2. The summed E-state index contributed by atoms with van der Waals surface area (Å²) in [4.78, 5) is 16.3. The number of hydrogen-bond acceptors (Lipinski definition) is 6. The summed E-state index contributed by atoms with van der Waals surface area (Å²) < 4.78 is 9.91. The number of aryl methyl sites for hydroxylation is 1. The predicted octanol–water partition coefficient (Wildman–Crippen LogP) is 2.22. The normalized spacial score (nSPS) is 11.8. The number of carbonyl (C=O) groups excluding carboxylic acids is 1. The van der Waals surface area contributed by atoms with Crippen molar-refractivity contribution in [1.29, 1.82) is 0 Å². The maximum atomic E-state index is 12.2. The zero-order valence-electron chi connectivity index (χ0n) is 12.2. The first kappa shape index (κ1) is 14.8. The summed E-state index contributed by atoms with van der Waals surface area (Å²) in [6, 6.07) is 4.81. The first-order chi connectivity index (χ1) is 10.1. The van der Waals surface area contributed by atoms with Crippen LogP contribution in [0.3, 0.4) is 0 Å². The second-order valence-corrected chi connectivity index (χ2v) is 4.51. The predicted molar refractivity (Wildman–Crippen MR) is 78.4 cm³/mol. The third kappa shape index (κ3) is 3.95. The molecule has 0 aliphatic rings. The molecule has 1 atom stereocenters. The van der Waals surface area contributed by atoms with E-state index in [0.717, 1.165) is 5.69 Å². The summed E-state index contributed by atoms with van der Waals surface area (Å²) in [5, 5.41) is 9.56. The maximum absolute atomic E-state index is 12.2. The lowest BCUT2D eigenvalue weighted by Gasteiger charge is -2.16. The molecule has 2 aromatic rings. The lowest BCUT2D eigenvalue weighted by atomic mass is 10.2. The van der Waals surface area contributed by atoms with Gasteiger partial charge >= 0.3 is 0 Å². The molecule has 112 valence electrons. The number of amides is 1. The van der Waals surface area contributed by atoms with E-state index in [2.05, 4.69) is 20.8 Å². The quantitative estimate of drug-likeness (QED) is 0.848. The van der Waals surface area contributed by atoms with Crippen molar-refractivity contribution < 1.29 is 14.1 Å². The van der Waals surface area contributed by atoms with Crippen LogP contribution in [0.25, 0.3) is 0 Å². The number of aromatic nitrogens is 2. The van der Waals surface area contributed by atoms with Crippen molar-refractivity contribution in [2.75, 3.05) is 17.7 Å². The number of ether oxygens (including phenoxy) is 1. The van der Waals surface area contributed by atoms with Gasteiger partial charge in [0.2, 0.25) is 11.8 Å². The van der Waals surface area contributed by atoms with Gasteiger partial charge in [-0.15, -0.1) is 0 Å². The van der Waals surface area contributed by atoms with Gasteiger partial charge in [-0.1, -0.05) is 12.1 Å². The molecule has 0 fully saturated rings. The summed E-state index contributed by atoms with van der Waals surface area (Å²) in [7, 11) is 1.55. The number of anilines is 2. The molecule has 0 radical (unpaired) electrons. The van der Waals surface area contributed by atoms with E-state index >= 15 is 0 Å². The Kier molecular flexibility index (Phi) is 4.76. The summed E-state index contributed by atoms with van der Waals surface area (Å²) in [6.45, 7) is 3.68. The Morgan fingerprint density at radius 1 is 1.48 bits per heavy atom. The van der Waals surface area contributed by atoms with Gasteiger partial charge in [0.1, 0.15) is 11.8 Å². The molecule has 2 rings (SSSR count). The largest absolute Gasteiger partial charge is 0.481 e. The fraction of sp³-hybridized carbons (Fsp3) is 0.357. The molecule has 21 heavy (non-hydrogen) atoms. The third-order valence-corrected chi connectivity index (χ3v) is 2.89. The molecular formula is C14H18N4O3. The second kappa shape index (κ2) is 6.74. The number of nitrogens with one attached hydrogen (secondary N) is 2. The number of methoxy groups -OCH3 is 1. The SMILES string of the molecule is CCC(Nc1ccc(OC)nc1)C(=O)Nc1cc(C)on1. The highest BCUT2D eigenvalue weighted by atomic mass is 16.5. The van der Waals surface area contributed by atoms with Crippen LogP contribution in [0, 0.1) is 6.92 Å². The average Bonchev–Trinajstić information content (AvgIpc) is 2.90. The van der Waals surface area contributed by atoms with E-state index in [9.17, 15) is 4.79 Å². The Morgan fingerprint density at radius 2 is 2.29 bits per heavy atom. The van der Waals surface area contributed by atoms with Crippen LogP contribution >= 0.6 is 0 Å². The van der Waals surface area contributed by atoms with Crippen molar-refractivity contribution in [3.05, 3.63) is 30.2 Å². The third-order valence-electron chi connectivity index (χ3n) is 2.89. The molecule has 2 aromatic heterocycles. The van der Waals surface area contributed by atoms with E-state index in [-0.39, 0.29) is 5.91 Å². The number of rotatable bonds is 6. The van der Waals surface area contributed by atoms with Gasteiger partial charge in [0.15, 0.2) is 5.82 Å². The highest BCUT2D eigenvalue weighted by Gasteiger charge is 2.17. The van der Waals surface area contributed by atoms with Gasteiger partial charge in [0, 0.05) is 12.1 Å². The molecule has 0 bridgehead atoms. The molecule has 1 unspecified atom stereocenters. The van der Waals surface area contributed by atoms with Crippen LogP contribution in [0.4, 0.5) is 11.5 Å². The van der Waals surface area contributed by atoms with E-state index in [1.807, 2.05) is 13.0 Å². The van der Waals surface area contributed by atoms with E-state index in [1.165, 1.54) is 0 Å². The summed E-state index contributed by atoms with van der Waals surface area (Å²) in [5.74, 6) is 1.40. The summed E-state index contributed by atoms with van der Waals surface area (Å²) in [6.07, 6.45) is 2.24. The van der Waals surface area contributed by atoms with Gasteiger partial charge in [-0.05, 0) is 19.4 Å². The summed E-state index contributed by atoms with van der Waals surface area (Å²) in [5.41, 5.74) is 0.745. The van der Waals surface area contributed by atoms with Crippen LogP contribution in [-0.2, 0) is 4.79 Å². The molecule has 0 aliphatic heterocycles. The van der Waals surface area contributed by atoms with Crippen LogP contribution in [-0.4, -0.2) is 29.2 Å². The Labute approximate surface area is 122 Å². The Balaban J connectivity index is 1.99. The monoisotopic (exact) mass is 290 g/mol. The lowest BCUT2D eigenvalue weighted by Crippen LogP contribution is -2.34. The first-order valence-electron chi connectivity index (χ1n) is 6.63. The zero-order valence-corrected chi connectivity index (χ0v) is 12.2. The molecule has 0 saturated carbocycles. The summed E-state index contributed by atoms with van der Waals surface area (Å²) >= 11 is 0. The van der Waals surface area contributed by atoms with Crippen LogP contribution in [0.15, 0.2) is 28.9 Å². The fourth-order valence-corrected chi connectivity index (χ4v) is 1.78. The zero-order chi connectivity index (χ0) is 15.2. The van der Waals surface area contributed by atoms with Crippen LogP contribution < -0.4 is 15.4 Å². The van der Waals surface area contributed by atoms with E-state index < -0.39 is 6.04 Å². The second-order valence-electron chi connectivity index (χ2n) is 4.51.